The van der Waals surface area contributed by atoms with E-state index in [-0.39, 0.29) is 24.1 Å². The molecule has 0 aromatic heterocycles. The van der Waals surface area contributed by atoms with E-state index >= 15 is 0 Å². The zero-order valence-electron chi connectivity index (χ0n) is 12.7. The molecule has 4 nitrogen and oxygen atoms in total. The van der Waals surface area contributed by atoms with Crippen molar-refractivity contribution in [2.75, 3.05) is 6.54 Å². The molecule has 0 atom stereocenters. The molecule has 114 valence electrons. The van der Waals surface area contributed by atoms with E-state index in [2.05, 4.69) is 6.58 Å². The van der Waals surface area contributed by atoms with Gasteiger partial charge in [0.15, 0.2) is 5.78 Å². The van der Waals surface area contributed by atoms with Gasteiger partial charge in [-0.15, -0.1) is 0 Å². The topological polar surface area (TPSA) is 54.5 Å². The highest BCUT2D eigenvalue weighted by Crippen LogP contribution is 2.25. The van der Waals surface area contributed by atoms with E-state index in [0.29, 0.717) is 22.3 Å². The molecule has 0 saturated carbocycles. The summed E-state index contributed by atoms with van der Waals surface area (Å²) in [5.41, 5.74) is 2.91. The Balaban J connectivity index is 1.80. The first-order valence-corrected chi connectivity index (χ1v) is 7.23. The van der Waals surface area contributed by atoms with E-state index in [0.717, 1.165) is 5.56 Å². The molecule has 0 radical (unpaired) electrons. The summed E-state index contributed by atoms with van der Waals surface area (Å²) in [6.45, 7) is 5.60. The second kappa shape index (κ2) is 5.65. The summed E-state index contributed by atoms with van der Waals surface area (Å²) in [6.07, 6.45) is 0. The van der Waals surface area contributed by atoms with Crippen molar-refractivity contribution in [1.29, 1.82) is 0 Å². The molecule has 3 rings (SSSR count). The Labute approximate surface area is 134 Å². The minimum atomic E-state index is -0.299. The summed E-state index contributed by atoms with van der Waals surface area (Å²) in [6, 6.07) is 13.8. The fourth-order valence-corrected chi connectivity index (χ4v) is 2.61. The van der Waals surface area contributed by atoms with E-state index in [9.17, 15) is 14.4 Å². The molecule has 0 fully saturated rings. The van der Waals surface area contributed by atoms with Gasteiger partial charge in [-0.05, 0) is 30.2 Å². The van der Waals surface area contributed by atoms with E-state index in [4.69, 9.17) is 0 Å². The molecule has 0 unspecified atom stereocenters. The smallest absolute Gasteiger partial charge is 0.261 e. The molecule has 2 aromatic rings. The number of ketones is 1. The van der Waals surface area contributed by atoms with Crippen molar-refractivity contribution >= 4 is 23.2 Å². The van der Waals surface area contributed by atoms with E-state index in [1.807, 2.05) is 0 Å². The Morgan fingerprint density at radius 3 is 1.87 bits per heavy atom. The molecule has 1 heterocycles. The van der Waals surface area contributed by atoms with Gasteiger partial charge in [-0.25, -0.2) is 0 Å². The highest BCUT2D eigenvalue weighted by atomic mass is 16.2. The molecule has 0 saturated heterocycles. The molecule has 2 aromatic carbocycles. The van der Waals surface area contributed by atoms with Crippen LogP contribution in [0.2, 0.25) is 0 Å². The predicted octanol–water partition coefficient (Wildman–Crippen LogP) is 3.20. The van der Waals surface area contributed by atoms with Crippen LogP contribution in [-0.4, -0.2) is 29.0 Å². The van der Waals surface area contributed by atoms with Crippen LogP contribution in [0, 0.1) is 0 Å². The van der Waals surface area contributed by atoms with Crippen LogP contribution in [0.15, 0.2) is 55.1 Å². The van der Waals surface area contributed by atoms with Crippen LogP contribution in [0.5, 0.6) is 0 Å². The number of amides is 2. The van der Waals surface area contributed by atoms with Crippen molar-refractivity contribution in [1.82, 2.24) is 4.90 Å². The number of hydrogen-bond donors (Lipinski definition) is 0. The van der Waals surface area contributed by atoms with Crippen LogP contribution in [-0.2, 0) is 0 Å². The lowest BCUT2D eigenvalue weighted by Crippen LogP contribution is -2.31. The number of carbonyl (C=O) groups is 3. The SMILES string of the molecule is C=C(CN1C(=O)c2ccccc2C1=O)c1ccc(C(C)=O)cc1. The van der Waals surface area contributed by atoms with Crippen molar-refractivity contribution < 1.29 is 14.4 Å². The normalized spacial score (nSPS) is 13.2. The molecule has 2 amide bonds. The van der Waals surface area contributed by atoms with Crippen molar-refractivity contribution in [2.45, 2.75) is 6.92 Å². The third kappa shape index (κ3) is 2.59. The van der Waals surface area contributed by atoms with Crippen LogP contribution in [0.1, 0.15) is 43.6 Å². The molecule has 1 aliphatic rings. The zero-order chi connectivity index (χ0) is 16.6. The van der Waals surface area contributed by atoms with Crippen LogP contribution >= 0.6 is 0 Å². The van der Waals surface area contributed by atoms with Gasteiger partial charge in [-0.3, -0.25) is 19.3 Å². The summed E-state index contributed by atoms with van der Waals surface area (Å²) >= 11 is 0. The lowest BCUT2D eigenvalue weighted by Gasteiger charge is -2.16. The van der Waals surface area contributed by atoms with Crippen LogP contribution < -0.4 is 0 Å². The van der Waals surface area contributed by atoms with Gasteiger partial charge < -0.3 is 0 Å². The van der Waals surface area contributed by atoms with Gasteiger partial charge in [0.1, 0.15) is 0 Å². The maximum atomic E-state index is 12.3. The van der Waals surface area contributed by atoms with Gasteiger partial charge in [-0.2, -0.15) is 0 Å². The lowest BCUT2D eigenvalue weighted by molar-refractivity contribution is 0.0674. The lowest BCUT2D eigenvalue weighted by atomic mass is 10.0. The third-order valence-corrected chi connectivity index (χ3v) is 3.93. The minimum Gasteiger partial charge on any atom is -0.295 e. The monoisotopic (exact) mass is 305 g/mol. The number of carbonyl (C=O) groups excluding carboxylic acids is 3. The summed E-state index contributed by atoms with van der Waals surface area (Å²) < 4.78 is 0. The highest BCUT2D eigenvalue weighted by Gasteiger charge is 2.35. The maximum absolute atomic E-state index is 12.3. The van der Waals surface area contributed by atoms with Crippen LogP contribution in [0.3, 0.4) is 0 Å². The van der Waals surface area contributed by atoms with Crippen molar-refractivity contribution in [3.05, 3.63) is 77.4 Å². The molecule has 0 aliphatic carbocycles. The van der Waals surface area contributed by atoms with Gasteiger partial charge in [0.2, 0.25) is 0 Å². The second-order valence-corrected chi connectivity index (χ2v) is 5.48. The summed E-state index contributed by atoms with van der Waals surface area (Å²) in [7, 11) is 0. The predicted molar refractivity (Wildman–Crippen MR) is 87.3 cm³/mol. The van der Waals surface area contributed by atoms with Crippen LogP contribution in [0.4, 0.5) is 0 Å². The Bertz CT molecular complexity index is 799. The number of Topliss-reactive ketones (excluding diaryl/α,β-unsaturated/α-hetero) is 1. The first-order valence-electron chi connectivity index (χ1n) is 7.23. The molecule has 23 heavy (non-hydrogen) atoms. The zero-order valence-corrected chi connectivity index (χ0v) is 12.7. The van der Waals surface area contributed by atoms with Gasteiger partial charge in [0, 0.05) is 5.56 Å². The Morgan fingerprint density at radius 1 is 0.913 bits per heavy atom. The number of nitrogens with zero attached hydrogens (tertiary/aromatic N) is 1. The fraction of sp³-hybridized carbons (Fsp3) is 0.105. The average molecular weight is 305 g/mol. The third-order valence-electron chi connectivity index (χ3n) is 3.93. The maximum Gasteiger partial charge on any atom is 0.261 e. The van der Waals surface area contributed by atoms with Gasteiger partial charge in [0.05, 0.1) is 17.7 Å². The minimum absolute atomic E-state index is 0.0116. The standard InChI is InChI=1S/C19H15NO3/c1-12(14-7-9-15(10-8-14)13(2)21)11-20-18(22)16-5-3-4-6-17(16)19(20)23/h3-10H,1,11H2,2H3. The van der Waals surface area contributed by atoms with E-state index in [1.54, 1.807) is 48.5 Å². The highest BCUT2D eigenvalue weighted by molar-refractivity contribution is 6.21. The fourth-order valence-electron chi connectivity index (χ4n) is 2.61. The Kier molecular flexibility index (Phi) is 3.66. The number of fused-ring (bicyclic) bond motifs is 1. The summed E-state index contributed by atoms with van der Waals surface area (Å²) in [5, 5.41) is 0. The molecular weight excluding hydrogens is 290 g/mol. The van der Waals surface area contributed by atoms with Crippen molar-refractivity contribution in [3.8, 4) is 0 Å². The molecular formula is C19H15NO3. The molecule has 0 N–H and O–H groups in total. The number of hydrogen-bond acceptors (Lipinski definition) is 3. The number of imide groups is 1. The van der Waals surface area contributed by atoms with Crippen molar-refractivity contribution in [3.63, 3.8) is 0 Å². The molecule has 1 aliphatic heterocycles. The average Bonchev–Trinajstić information content (AvgIpc) is 2.80. The molecule has 0 spiro atoms. The number of rotatable bonds is 4. The quantitative estimate of drug-likeness (QED) is 0.644. The molecule has 4 heteroatoms. The Morgan fingerprint density at radius 2 is 1.39 bits per heavy atom. The number of benzene rings is 2. The first kappa shape index (κ1) is 14.9. The van der Waals surface area contributed by atoms with Gasteiger partial charge >= 0.3 is 0 Å². The second-order valence-electron chi connectivity index (χ2n) is 5.48. The Hall–Kier alpha value is -3.01. The molecule has 0 bridgehead atoms. The summed E-state index contributed by atoms with van der Waals surface area (Å²) in [4.78, 5) is 37.2. The first-order chi connectivity index (χ1) is 11.0. The van der Waals surface area contributed by atoms with Crippen molar-refractivity contribution in [2.24, 2.45) is 0 Å². The van der Waals surface area contributed by atoms with E-state index in [1.165, 1.54) is 11.8 Å². The van der Waals surface area contributed by atoms with Gasteiger partial charge in [-0.1, -0.05) is 43.0 Å². The summed E-state index contributed by atoms with van der Waals surface area (Å²) in [5.74, 6) is -0.610. The largest absolute Gasteiger partial charge is 0.295 e. The van der Waals surface area contributed by atoms with E-state index < -0.39 is 0 Å². The van der Waals surface area contributed by atoms with Crippen LogP contribution in [0.25, 0.3) is 5.57 Å². The van der Waals surface area contributed by atoms with Gasteiger partial charge in [0.25, 0.3) is 11.8 Å².